The molecule has 0 aliphatic carbocycles. The average Bonchev–Trinajstić information content (AvgIpc) is 3.55. The van der Waals surface area contributed by atoms with E-state index in [1.165, 1.54) is 17.7 Å². The van der Waals surface area contributed by atoms with E-state index in [1.807, 2.05) is 74.5 Å². The van der Waals surface area contributed by atoms with Crippen LogP contribution < -0.4 is 66.5 Å². The average molecular weight is 913 g/mol. The zero-order chi connectivity index (χ0) is 44.8. The molecule has 0 saturated heterocycles. The molecule has 2 amide bonds. The van der Waals surface area contributed by atoms with Gasteiger partial charge in [-0.2, -0.15) is 18.2 Å². The first-order valence-corrected chi connectivity index (χ1v) is 22.7. The molecule has 1 N–H and O–H groups in total. The van der Waals surface area contributed by atoms with Gasteiger partial charge in [0, 0.05) is 65.3 Å². The topological polar surface area (TPSA) is 164 Å². The van der Waals surface area contributed by atoms with Crippen LogP contribution in [0.4, 0.5) is 17.1 Å². The van der Waals surface area contributed by atoms with Crippen LogP contribution in [-0.2, 0) is 47.7 Å². The van der Waals surface area contributed by atoms with E-state index in [9.17, 15) is 22.6 Å². The molecule has 0 spiro atoms. The molecule has 322 valence electrons. The minimum Gasteiger partial charge on any atom is -0.744 e. The Kier molecular flexibility index (Phi) is 16.5. The van der Waals surface area contributed by atoms with Gasteiger partial charge in [-0.05, 0) is 66.4 Å². The van der Waals surface area contributed by atoms with Gasteiger partial charge in [0.2, 0.25) is 11.8 Å². The third-order valence-electron chi connectivity index (χ3n) is 11.7. The van der Waals surface area contributed by atoms with Crippen molar-refractivity contribution in [3.63, 3.8) is 0 Å². The maximum atomic E-state index is 13.6. The van der Waals surface area contributed by atoms with Crippen LogP contribution in [0.1, 0.15) is 87.6 Å². The van der Waals surface area contributed by atoms with Gasteiger partial charge in [-0.25, -0.2) is 13.0 Å². The van der Waals surface area contributed by atoms with E-state index in [4.69, 9.17) is 12.6 Å². The van der Waals surface area contributed by atoms with Gasteiger partial charge in [0.25, 0.3) is 0 Å². The molecule has 3 aliphatic heterocycles. The second-order valence-electron chi connectivity index (χ2n) is 16.4. The Morgan fingerprint density at radius 1 is 0.889 bits per heavy atom. The molecule has 7 rings (SSSR count). The van der Waals surface area contributed by atoms with Gasteiger partial charge in [0.15, 0.2) is 5.71 Å². The second-order valence-corrected chi connectivity index (χ2v) is 18.1. The minimum absolute atomic E-state index is 0. The van der Waals surface area contributed by atoms with Crippen molar-refractivity contribution in [2.75, 3.05) is 29.9 Å². The first kappa shape index (κ1) is 49.5. The van der Waals surface area contributed by atoms with Crippen molar-refractivity contribution in [1.82, 2.24) is 5.32 Å². The van der Waals surface area contributed by atoms with Crippen LogP contribution in [0.25, 0.3) is 0 Å². The molecule has 0 radical (unpaired) electrons. The number of carbonyl (C=O) groups excluding carboxylic acids is 2. The monoisotopic (exact) mass is 912 g/mol. The van der Waals surface area contributed by atoms with Crippen molar-refractivity contribution >= 4 is 55.3 Å². The van der Waals surface area contributed by atoms with E-state index >= 15 is 0 Å². The predicted octanol–water partition coefficient (Wildman–Crippen LogP) is 3.65. The zero-order valence-corrected chi connectivity index (χ0v) is 41.2. The smallest absolute Gasteiger partial charge is 0.744 e. The van der Waals surface area contributed by atoms with Crippen LogP contribution in [-0.4, -0.2) is 67.8 Å². The number of amides is 2. The quantitative estimate of drug-likeness (QED) is 0.0559. The van der Waals surface area contributed by atoms with Crippen LogP contribution in [0.5, 0.6) is 0 Å². The normalized spacial score (nSPS) is 15.9. The number of unbranched alkanes of at least 4 members (excludes halogenated alkanes) is 2. The zero-order valence-electron chi connectivity index (χ0n) is 36.4. The van der Waals surface area contributed by atoms with E-state index in [0.717, 1.165) is 63.6 Å². The summed E-state index contributed by atoms with van der Waals surface area (Å²) < 4.78 is 63.6. The van der Waals surface area contributed by atoms with Crippen molar-refractivity contribution in [2.45, 2.75) is 82.1 Å². The third kappa shape index (κ3) is 11.4. The largest absolute Gasteiger partial charge is 1.00 e. The Labute approximate surface area is 414 Å². The SMILES string of the molecule is C[N+]1=C(C=CC=C2N(CCCCCC(=O)NCCC(=O)N3Cc4ccccc4C#Cc4ccccc43)c3ccc(S(=O)(=O)[O-])cc3C2(C)C)C(C)(C)c2c[c-]ccc21.O=S(=O)=O.[K+]. The molecule has 3 heterocycles. The van der Waals surface area contributed by atoms with Crippen molar-refractivity contribution in [1.29, 1.82) is 0 Å². The Balaban J connectivity index is 0.00000144. The molecule has 0 aromatic heterocycles. The molecular formula is C48H49KN4O8S2. The van der Waals surface area contributed by atoms with Gasteiger partial charge in [0.1, 0.15) is 22.9 Å². The van der Waals surface area contributed by atoms with Gasteiger partial charge >= 0.3 is 62.0 Å². The third-order valence-corrected chi connectivity index (χ3v) is 12.5. The van der Waals surface area contributed by atoms with Crippen molar-refractivity contribution in [2.24, 2.45) is 0 Å². The van der Waals surface area contributed by atoms with E-state index < -0.39 is 26.1 Å². The Morgan fingerprint density at radius 3 is 2.29 bits per heavy atom. The molecule has 0 unspecified atom stereocenters. The molecular weight excluding hydrogens is 864 g/mol. The van der Waals surface area contributed by atoms with Crippen LogP contribution in [0.2, 0.25) is 0 Å². The van der Waals surface area contributed by atoms with Crippen molar-refractivity contribution in [3.8, 4) is 11.8 Å². The summed E-state index contributed by atoms with van der Waals surface area (Å²) in [5.41, 5.74) is 8.78. The summed E-state index contributed by atoms with van der Waals surface area (Å²) in [7, 11) is -5.68. The van der Waals surface area contributed by atoms with Gasteiger partial charge in [-0.1, -0.05) is 87.9 Å². The van der Waals surface area contributed by atoms with Crippen LogP contribution in [0.15, 0.2) is 114 Å². The Hall–Kier alpha value is -4.50. The van der Waals surface area contributed by atoms with Crippen molar-refractivity contribution < 1.29 is 91.1 Å². The summed E-state index contributed by atoms with van der Waals surface area (Å²) in [5, 5.41) is 2.94. The molecule has 4 aromatic rings. The van der Waals surface area contributed by atoms with E-state index in [1.54, 1.807) is 11.0 Å². The van der Waals surface area contributed by atoms with Gasteiger partial charge in [-0.3, -0.25) is 9.59 Å². The number of carbonyl (C=O) groups is 2. The number of nitrogens with zero attached hydrogens (tertiary/aromatic N) is 3. The molecule has 4 aromatic carbocycles. The summed E-state index contributed by atoms with van der Waals surface area (Å²) in [5.74, 6) is 6.27. The number of allylic oxidation sites excluding steroid dienone is 4. The van der Waals surface area contributed by atoms with Gasteiger partial charge in [0.05, 0.1) is 17.1 Å². The summed E-state index contributed by atoms with van der Waals surface area (Å²) in [6.07, 6.45) is 9.01. The number of hydrogen-bond donors (Lipinski definition) is 1. The molecule has 12 nitrogen and oxygen atoms in total. The molecule has 63 heavy (non-hydrogen) atoms. The van der Waals surface area contributed by atoms with Crippen LogP contribution in [0, 0.1) is 17.9 Å². The fraction of sp³-hybridized carbons (Fsp3) is 0.312. The maximum absolute atomic E-state index is 13.6. The van der Waals surface area contributed by atoms with E-state index in [0.29, 0.717) is 25.9 Å². The summed E-state index contributed by atoms with van der Waals surface area (Å²) in [6.45, 7) is 9.79. The van der Waals surface area contributed by atoms with Crippen LogP contribution in [0.3, 0.4) is 0 Å². The molecule has 0 bridgehead atoms. The number of para-hydroxylation sites is 1. The Bertz CT molecular complexity index is 2800. The molecule has 3 aliphatic rings. The van der Waals surface area contributed by atoms with E-state index in [-0.39, 0.29) is 86.5 Å². The number of rotatable bonds is 12. The molecule has 15 heteroatoms. The van der Waals surface area contributed by atoms with Crippen LogP contribution >= 0.6 is 0 Å². The minimum atomic E-state index is -4.64. The number of hydrogen-bond acceptors (Lipinski definition) is 9. The number of benzene rings is 4. The fourth-order valence-electron chi connectivity index (χ4n) is 8.48. The number of nitrogens with one attached hydrogen (secondary N) is 1. The first-order chi connectivity index (χ1) is 29.4. The predicted molar refractivity (Wildman–Crippen MR) is 237 cm³/mol. The van der Waals surface area contributed by atoms with Gasteiger partial charge < -0.3 is 19.7 Å². The summed E-state index contributed by atoms with van der Waals surface area (Å²) >= 11 is 0. The number of fused-ring (bicyclic) bond motifs is 4. The molecule has 0 atom stereocenters. The second kappa shape index (κ2) is 21.0. The van der Waals surface area contributed by atoms with E-state index in [2.05, 4.69) is 77.9 Å². The molecule has 0 saturated carbocycles. The van der Waals surface area contributed by atoms with Gasteiger partial charge in [-0.15, -0.1) is 18.7 Å². The summed E-state index contributed by atoms with van der Waals surface area (Å²) in [4.78, 5) is 30.2. The molecule has 0 fully saturated rings. The number of anilines is 2. The standard InChI is InChI=1S/C48H50N4O5S.K.O3S/c1-47(2)38-19-11-13-21-41(38)50(5)43(47)22-15-23-44-48(3,4)39-32-37(58(55,56)57)27-28-42(39)51(44)31-14-6-7-24-45(53)49-30-29-46(54)52-33-36-18-9-8-16-34(36)25-26-35-17-10-12-20-40(35)52;;1-4(2)3/h8-10,12-13,15-23,27-28,32H,6-7,14,24,29-31,33H2,1-5H3,(H,49,53)(H,55,56,57);;/q;+1;/p-1. The summed E-state index contributed by atoms with van der Waals surface area (Å²) in [6, 6.07) is 29.4. The fourth-order valence-corrected chi connectivity index (χ4v) is 8.97. The Morgan fingerprint density at radius 2 is 1.57 bits per heavy atom. The maximum Gasteiger partial charge on any atom is 1.00 e. The van der Waals surface area contributed by atoms with Crippen molar-refractivity contribution in [3.05, 3.63) is 143 Å². The first-order valence-electron chi connectivity index (χ1n) is 20.3.